The monoisotopic (exact) mass is 436 g/mol. The van der Waals surface area contributed by atoms with Crippen LogP contribution < -0.4 is 5.43 Å². The molecule has 5 nitrogen and oxygen atoms in total. The molecule has 32 heavy (non-hydrogen) atoms. The van der Waals surface area contributed by atoms with Gasteiger partial charge in [-0.3, -0.25) is 5.10 Å². The predicted octanol–water partition coefficient (Wildman–Crippen LogP) is 4.93. The van der Waals surface area contributed by atoms with Crippen molar-refractivity contribution in [2.45, 2.75) is 96.3 Å². The summed E-state index contributed by atoms with van der Waals surface area (Å²) >= 11 is 0. The first-order valence-electron chi connectivity index (χ1n) is 13.3. The third kappa shape index (κ3) is 2.77. The number of hydrazine groups is 1. The molecule has 5 heteroatoms. The highest BCUT2D eigenvalue weighted by Crippen LogP contribution is 2.66. The van der Waals surface area contributed by atoms with Gasteiger partial charge in [0.2, 0.25) is 0 Å². The van der Waals surface area contributed by atoms with Gasteiger partial charge in [0.25, 0.3) is 0 Å². The quantitative estimate of drug-likeness (QED) is 0.566. The molecule has 7 rings (SSSR count). The Labute approximate surface area is 192 Å². The molecular weight excluding hydrogens is 396 g/mol. The Morgan fingerprint density at radius 3 is 3.03 bits per heavy atom. The molecule has 174 valence electrons. The van der Waals surface area contributed by atoms with Gasteiger partial charge in [-0.25, -0.2) is 10.4 Å². The number of allylic oxidation sites excluding steroid dienone is 1. The van der Waals surface area contributed by atoms with Gasteiger partial charge >= 0.3 is 0 Å². The molecule has 3 heterocycles. The maximum Gasteiger partial charge on any atom is 0.124 e. The van der Waals surface area contributed by atoms with Gasteiger partial charge in [0.15, 0.2) is 0 Å². The number of aromatic amines is 1. The van der Waals surface area contributed by atoms with E-state index in [2.05, 4.69) is 47.6 Å². The summed E-state index contributed by atoms with van der Waals surface area (Å²) in [6, 6.07) is 0. The van der Waals surface area contributed by atoms with Crippen LogP contribution in [0, 0.1) is 29.1 Å². The second-order valence-corrected chi connectivity index (χ2v) is 12.6. The van der Waals surface area contributed by atoms with E-state index in [-0.39, 0.29) is 11.8 Å². The fourth-order valence-electron chi connectivity index (χ4n) is 9.33. The van der Waals surface area contributed by atoms with E-state index < -0.39 is 0 Å². The van der Waals surface area contributed by atoms with Crippen LogP contribution in [0.15, 0.2) is 17.3 Å². The van der Waals surface area contributed by atoms with E-state index in [1.54, 1.807) is 11.1 Å². The average molecular weight is 437 g/mol. The highest BCUT2D eigenvalue weighted by Gasteiger charge is 2.57. The Morgan fingerprint density at radius 2 is 2.12 bits per heavy atom. The van der Waals surface area contributed by atoms with Gasteiger partial charge in [-0.1, -0.05) is 25.0 Å². The first-order chi connectivity index (χ1) is 15.5. The van der Waals surface area contributed by atoms with Crippen molar-refractivity contribution in [3.63, 3.8) is 0 Å². The zero-order valence-corrected chi connectivity index (χ0v) is 20.1. The van der Waals surface area contributed by atoms with E-state index in [1.165, 1.54) is 57.1 Å². The fourth-order valence-corrected chi connectivity index (χ4v) is 9.33. The molecule has 2 aliphatic heterocycles. The summed E-state index contributed by atoms with van der Waals surface area (Å²) in [4.78, 5) is 0. The summed E-state index contributed by atoms with van der Waals surface area (Å²) in [6.45, 7) is 9.57. The molecule has 4 aliphatic carbocycles. The third-order valence-electron chi connectivity index (χ3n) is 10.9. The van der Waals surface area contributed by atoms with Crippen LogP contribution in [0.4, 0.5) is 0 Å². The van der Waals surface area contributed by atoms with Crippen LogP contribution in [0.2, 0.25) is 0 Å². The van der Waals surface area contributed by atoms with E-state index in [1.807, 2.05) is 5.57 Å². The molecule has 2 saturated carbocycles. The number of aromatic nitrogens is 2. The number of aryl methyl sites for hydroxylation is 1. The summed E-state index contributed by atoms with van der Waals surface area (Å²) in [5, 5.41) is 10.1. The summed E-state index contributed by atoms with van der Waals surface area (Å²) in [7, 11) is 0. The highest BCUT2D eigenvalue weighted by molar-refractivity contribution is 5.34. The van der Waals surface area contributed by atoms with Crippen molar-refractivity contribution >= 4 is 0 Å². The minimum atomic E-state index is 0.0137. The molecule has 0 radical (unpaired) electrons. The Kier molecular flexibility index (Phi) is 4.38. The lowest BCUT2D eigenvalue weighted by Gasteiger charge is -2.52. The maximum atomic E-state index is 6.92. The van der Waals surface area contributed by atoms with Crippen LogP contribution in [0.3, 0.4) is 0 Å². The van der Waals surface area contributed by atoms with Crippen molar-refractivity contribution in [2.24, 2.45) is 29.1 Å². The van der Waals surface area contributed by atoms with Crippen LogP contribution in [0.5, 0.6) is 0 Å². The lowest BCUT2D eigenvalue weighted by molar-refractivity contribution is -0.199. The summed E-state index contributed by atoms with van der Waals surface area (Å²) < 4.78 is 6.92. The Hall–Kier alpha value is -1.17. The third-order valence-corrected chi connectivity index (χ3v) is 10.9. The second kappa shape index (κ2) is 6.93. The Morgan fingerprint density at radius 1 is 1.22 bits per heavy atom. The zero-order chi connectivity index (χ0) is 21.7. The topological polar surface area (TPSA) is 53.2 Å². The first-order valence-corrected chi connectivity index (χ1v) is 13.3. The predicted molar refractivity (Wildman–Crippen MR) is 125 cm³/mol. The van der Waals surface area contributed by atoms with Gasteiger partial charge in [-0.15, -0.1) is 0 Å². The number of ether oxygens (including phenoxy) is 1. The maximum absolute atomic E-state index is 6.92. The molecule has 7 unspecified atom stereocenters. The molecular formula is C27H40N4O. The van der Waals surface area contributed by atoms with Crippen molar-refractivity contribution < 1.29 is 4.74 Å². The lowest BCUT2D eigenvalue weighted by Crippen LogP contribution is -2.60. The van der Waals surface area contributed by atoms with Crippen LogP contribution in [-0.4, -0.2) is 40.1 Å². The van der Waals surface area contributed by atoms with E-state index in [0.717, 1.165) is 43.2 Å². The average Bonchev–Trinajstić information content (AvgIpc) is 3.45. The van der Waals surface area contributed by atoms with E-state index in [9.17, 15) is 0 Å². The van der Waals surface area contributed by atoms with Gasteiger partial charge in [0, 0.05) is 18.8 Å². The molecule has 6 aliphatic rings. The normalized spacial score (nSPS) is 48.1. The molecule has 1 aromatic rings. The van der Waals surface area contributed by atoms with Crippen molar-refractivity contribution in [1.29, 1.82) is 0 Å². The van der Waals surface area contributed by atoms with Gasteiger partial charge < -0.3 is 4.74 Å². The molecule has 2 saturated heterocycles. The molecule has 1 aromatic heterocycles. The molecule has 0 aromatic carbocycles. The SMILES string of the molecule is CC1=C2CC3C(CCC4c5cn[nH]c5CC[C@@]43C)C2CCC2(CNN3CC(C)CC3O2)C1. The largest absolute Gasteiger partial charge is 0.354 e. The van der Waals surface area contributed by atoms with E-state index >= 15 is 0 Å². The molecule has 0 bridgehead atoms. The van der Waals surface area contributed by atoms with Crippen LogP contribution in [0.25, 0.3) is 0 Å². The minimum Gasteiger partial charge on any atom is -0.354 e. The number of H-pyrrole nitrogens is 1. The molecule has 0 amide bonds. The Balaban J connectivity index is 1.17. The zero-order valence-electron chi connectivity index (χ0n) is 20.1. The molecule has 1 spiro atoms. The van der Waals surface area contributed by atoms with Gasteiger partial charge in [0.05, 0.1) is 11.8 Å². The van der Waals surface area contributed by atoms with Gasteiger partial charge in [-0.2, -0.15) is 5.10 Å². The fraction of sp³-hybridized carbons (Fsp3) is 0.815. The number of hydrogen-bond acceptors (Lipinski definition) is 4. The van der Waals surface area contributed by atoms with Crippen LogP contribution in [0.1, 0.15) is 89.3 Å². The van der Waals surface area contributed by atoms with E-state index in [0.29, 0.717) is 11.3 Å². The number of fused-ring (bicyclic) bond motifs is 8. The van der Waals surface area contributed by atoms with Crippen molar-refractivity contribution in [3.8, 4) is 0 Å². The smallest absolute Gasteiger partial charge is 0.124 e. The number of nitrogens with zero attached hydrogens (tertiary/aromatic N) is 2. The minimum absolute atomic E-state index is 0.0137. The van der Waals surface area contributed by atoms with Crippen LogP contribution in [-0.2, 0) is 11.2 Å². The number of hydrogen-bond donors (Lipinski definition) is 2. The summed E-state index contributed by atoms with van der Waals surface area (Å²) in [5.74, 6) is 3.97. The van der Waals surface area contributed by atoms with Gasteiger partial charge in [-0.05, 0) is 105 Å². The number of rotatable bonds is 0. The first kappa shape index (κ1) is 20.2. The second-order valence-electron chi connectivity index (χ2n) is 12.6. The highest BCUT2D eigenvalue weighted by atomic mass is 16.5. The molecule has 8 atom stereocenters. The molecule has 4 fully saturated rings. The summed E-state index contributed by atoms with van der Waals surface area (Å²) in [6.07, 6.45) is 13.9. The van der Waals surface area contributed by atoms with Gasteiger partial charge in [0.1, 0.15) is 6.23 Å². The lowest BCUT2D eigenvalue weighted by atomic mass is 9.52. The standard InChI is InChI=1S/C27H40N4O/c1-16-10-25-31(14-16)29-15-27(32-25)9-6-18-19-4-5-22-21-13-28-30-24(21)7-8-26(22,3)23(19)11-20(18)17(2)12-27/h13,16,18-19,22-23,25,29H,4-12,14-15H2,1-3H3,(H,28,30)/t16?,18?,19?,22?,23?,25?,26-,27?/m0/s1. The summed E-state index contributed by atoms with van der Waals surface area (Å²) in [5.41, 5.74) is 10.7. The van der Waals surface area contributed by atoms with Crippen molar-refractivity contribution in [3.05, 3.63) is 28.6 Å². The molecule has 2 N–H and O–H groups in total. The van der Waals surface area contributed by atoms with Crippen LogP contribution >= 0.6 is 0 Å². The van der Waals surface area contributed by atoms with Crippen molar-refractivity contribution in [2.75, 3.05) is 13.1 Å². The van der Waals surface area contributed by atoms with E-state index in [4.69, 9.17) is 4.74 Å². The Bertz CT molecular complexity index is 953. The van der Waals surface area contributed by atoms with Crippen molar-refractivity contribution in [1.82, 2.24) is 20.6 Å². The number of nitrogens with one attached hydrogen (secondary N) is 2.